The highest BCUT2D eigenvalue weighted by atomic mass is 32.2. The Bertz CT molecular complexity index is 1090. The molecule has 1 aliphatic heterocycles. The first-order valence-corrected chi connectivity index (χ1v) is 11.7. The Balaban J connectivity index is 1.47. The van der Waals surface area contributed by atoms with E-state index >= 15 is 0 Å². The highest BCUT2D eigenvalue weighted by Crippen LogP contribution is 2.33. The third-order valence-electron chi connectivity index (χ3n) is 4.92. The molecule has 2 aromatic heterocycles. The summed E-state index contributed by atoms with van der Waals surface area (Å²) in [6, 6.07) is 11.5. The van der Waals surface area contributed by atoms with Gasteiger partial charge in [-0.25, -0.2) is 13.1 Å². The van der Waals surface area contributed by atoms with Crippen LogP contribution in [0.15, 0.2) is 57.3 Å². The van der Waals surface area contributed by atoms with Gasteiger partial charge in [-0.15, -0.1) is 11.3 Å². The third-order valence-corrected chi connectivity index (χ3v) is 7.21. The summed E-state index contributed by atoms with van der Waals surface area (Å²) >= 11 is 1.49. The van der Waals surface area contributed by atoms with Crippen molar-refractivity contribution in [2.75, 3.05) is 6.54 Å². The van der Waals surface area contributed by atoms with Crippen LogP contribution in [0.5, 0.6) is 0 Å². The van der Waals surface area contributed by atoms with Crippen LogP contribution in [0.2, 0.25) is 0 Å². The van der Waals surface area contributed by atoms with Crippen LogP contribution in [0, 0.1) is 6.92 Å². The monoisotopic (exact) mass is 431 g/mol. The molecule has 1 amide bonds. The second-order valence-corrected chi connectivity index (χ2v) is 9.75. The average Bonchev–Trinajstić information content (AvgIpc) is 3.47. The quantitative estimate of drug-likeness (QED) is 0.645. The normalized spacial score (nSPS) is 17.0. The number of aryl methyl sites for hydroxylation is 1. The smallest absolute Gasteiger partial charge is 0.254 e. The first kappa shape index (κ1) is 19.8. The fourth-order valence-electron chi connectivity index (χ4n) is 3.45. The van der Waals surface area contributed by atoms with Gasteiger partial charge in [0.05, 0.1) is 16.6 Å². The van der Waals surface area contributed by atoms with Crippen molar-refractivity contribution in [3.8, 4) is 0 Å². The number of sulfonamides is 1. The van der Waals surface area contributed by atoms with Crippen LogP contribution in [-0.2, 0) is 16.6 Å². The number of amides is 1. The molecule has 1 fully saturated rings. The topological polar surface area (TPSA) is 92.5 Å². The van der Waals surface area contributed by atoms with Crippen molar-refractivity contribution in [2.45, 2.75) is 37.2 Å². The van der Waals surface area contributed by atoms with E-state index in [-0.39, 0.29) is 23.4 Å². The van der Waals surface area contributed by atoms with Crippen molar-refractivity contribution in [1.82, 2.24) is 14.8 Å². The number of rotatable bonds is 6. The zero-order chi connectivity index (χ0) is 20.4. The Morgan fingerprint density at radius 3 is 2.76 bits per heavy atom. The minimum absolute atomic E-state index is 0.134. The van der Waals surface area contributed by atoms with Gasteiger partial charge < -0.3 is 9.42 Å². The predicted molar refractivity (Wildman–Crippen MR) is 109 cm³/mol. The standard InChI is InChI=1S/C20H21N3O4S2/c1-14-12-19(27-22-14)18-5-2-10-23(18)20(24)15-6-8-17(9-7-15)29(25,26)21-13-16-4-3-11-28-16/h3-4,6-9,11-12,18,21H,2,5,10,13H2,1H3. The number of likely N-dealkylation sites (tertiary alicyclic amines) is 1. The third kappa shape index (κ3) is 4.26. The van der Waals surface area contributed by atoms with Crippen molar-refractivity contribution in [3.05, 3.63) is 69.7 Å². The summed E-state index contributed by atoms with van der Waals surface area (Å²) in [6.07, 6.45) is 1.70. The lowest BCUT2D eigenvalue weighted by atomic mass is 10.1. The molecule has 1 aromatic carbocycles. The molecule has 0 spiro atoms. The highest BCUT2D eigenvalue weighted by molar-refractivity contribution is 7.89. The van der Waals surface area contributed by atoms with Crippen LogP contribution in [-0.4, -0.2) is 30.9 Å². The van der Waals surface area contributed by atoms with Gasteiger partial charge in [0.15, 0.2) is 5.76 Å². The molecule has 0 bridgehead atoms. The molecule has 0 saturated carbocycles. The first-order chi connectivity index (χ1) is 13.9. The molecule has 0 radical (unpaired) electrons. The van der Waals surface area contributed by atoms with E-state index in [1.807, 2.05) is 30.5 Å². The maximum atomic E-state index is 13.0. The fraction of sp³-hybridized carbons (Fsp3) is 0.300. The molecule has 1 aliphatic rings. The summed E-state index contributed by atoms with van der Waals surface area (Å²) in [4.78, 5) is 15.8. The number of hydrogen-bond acceptors (Lipinski definition) is 6. The number of thiophene rings is 1. The van der Waals surface area contributed by atoms with E-state index in [1.54, 1.807) is 17.0 Å². The molecule has 3 aromatic rings. The number of carbonyl (C=O) groups excluding carboxylic acids is 1. The zero-order valence-electron chi connectivity index (χ0n) is 15.9. The number of carbonyl (C=O) groups is 1. The van der Waals surface area contributed by atoms with Crippen LogP contribution < -0.4 is 4.72 Å². The van der Waals surface area contributed by atoms with Gasteiger partial charge in [0.2, 0.25) is 10.0 Å². The van der Waals surface area contributed by atoms with E-state index in [0.29, 0.717) is 17.9 Å². The van der Waals surface area contributed by atoms with Gasteiger partial charge in [-0.1, -0.05) is 11.2 Å². The van der Waals surface area contributed by atoms with Crippen LogP contribution in [0.4, 0.5) is 0 Å². The molecule has 1 atom stereocenters. The van der Waals surface area contributed by atoms with E-state index in [2.05, 4.69) is 9.88 Å². The maximum absolute atomic E-state index is 13.0. The number of hydrogen-bond donors (Lipinski definition) is 1. The lowest BCUT2D eigenvalue weighted by Crippen LogP contribution is -2.30. The van der Waals surface area contributed by atoms with Crippen molar-refractivity contribution in [3.63, 3.8) is 0 Å². The molecule has 4 rings (SSSR count). The molecule has 9 heteroatoms. The SMILES string of the molecule is Cc1cc(C2CCCN2C(=O)c2ccc(S(=O)(=O)NCc3cccs3)cc2)on1. The summed E-state index contributed by atoms with van der Waals surface area (Å²) in [5, 5.41) is 5.81. The number of aromatic nitrogens is 1. The van der Waals surface area contributed by atoms with Gasteiger partial charge in [-0.2, -0.15) is 0 Å². The number of benzene rings is 1. The van der Waals surface area contributed by atoms with E-state index in [4.69, 9.17) is 4.52 Å². The van der Waals surface area contributed by atoms with Crippen molar-refractivity contribution in [1.29, 1.82) is 0 Å². The Morgan fingerprint density at radius 2 is 2.10 bits per heavy atom. The Kier molecular flexibility index (Phi) is 5.53. The zero-order valence-corrected chi connectivity index (χ0v) is 17.5. The first-order valence-electron chi connectivity index (χ1n) is 9.30. The Labute approximate surface area is 173 Å². The Morgan fingerprint density at radius 1 is 1.31 bits per heavy atom. The molecule has 29 heavy (non-hydrogen) atoms. The van der Waals surface area contributed by atoms with Gasteiger partial charge in [0.25, 0.3) is 5.91 Å². The van der Waals surface area contributed by atoms with Gasteiger partial charge >= 0.3 is 0 Å². The summed E-state index contributed by atoms with van der Waals surface area (Å²) in [5.41, 5.74) is 1.23. The van der Waals surface area contributed by atoms with Gasteiger partial charge in [-0.3, -0.25) is 4.79 Å². The molecule has 152 valence electrons. The van der Waals surface area contributed by atoms with Crippen LogP contribution >= 0.6 is 11.3 Å². The molecule has 1 unspecified atom stereocenters. The average molecular weight is 432 g/mol. The minimum atomic E-state index is -3.64. The lowest BCUT2D eigenvalue weighted by Gasteiger charge is -2.22. The summed E-state index contributed by atoms with van der Waals surface area (Å²) in [5.74, 6) is 0.544. The van der Waals surface area contributed by atoms with Crippen molar-refractivity contribution < 1.29 is 17.7 Å². The second kappa shape index (κ2) is 8.10. The van der Waals surface area contributed by atoms with Crippen molar-refractivity contribution in [2.24, 2.45) is 0 Å². The van der Waals surface area contributed by atoms with Gasteiger partial charge in [0, 0.05) is 29.6 Å². The summed E-state index contributed by atoms with van der Waals surface area (Å²) < 4.78 is 32.9. The van der Waals surface area contributed by atoms with Gasteiger partial charge in [-0.05, 0) is 55.5 Å². The molecule has 1 saturated heterocycles. The minimum Gasteiger partial charge on any atom is -0.359 e. The molecule has 3 heterocycles. The highest BCUT2D eigenvalue weighted by Gasteiger charge is 2.33. The van der Waals surface area contributed by atoms with Crippen molar-refractivity contribution >= 4 is 27.3 Å². The largest absolute Gasteiger partial charge is 0.359 e. The molecular weight excluding hydrogens is 410 g/mol. The predicted octanol–water partition coefficient (Wildman–Crippen LogP) is 3.50. The van der Waals surface area contributed by atoms with Gasteiger partial charge in [0.1, 0.15) is 0 Å². The summed E-state index contributed by atoms with van der Waals surface area (Å²) in [7, 11) is -3.64. The molecular formula is C20H21N3O4S2. The number of nitrogens with zero attached hydrogens (tertiary/aromatic N) is 2. The van der Waals surface area contributed by atoms with E-state index in [9.17, 15) is 13.2 Å². The van der Waals surface area contributed by atoms with Crippen LogP contribution in [0.3, 0.4) is 0 Å². The van der Waals surface area contributed by atoms with Crippen LogP contribution in [0.25, 0.3) is 0 Å². The summed E-state index contributed by atoms with van der Waals surface area (Å²) in [6.45, 7) is 2.72. The fourth-order valence-corrected chi connectivity index (χ4v) is 5.19. The second-order valence-electron chi connectivity index (χ2n) is 6.96. The van der Waals surface area contributed by atoms with E-state index in [1.165, 1.54) is 23.5 Å². The molecule has 1 N–H and O–H groups in total. The Hall–Kier alpha value is -2.49. The number of nitrogens with one attached hydrogen (secondary N) is 1. The van der Waals surface area contributed by atoms with E-state index < -0.39 is 10.0 Å². The maximum Gasteiger partial charge on any atom is 0.254 e. The van der Waals surface area contributed by atoms with Crippen LogP contribution in [0.1, 0.15) is 45.6 Å². The molecule has 0 aliphatic carbocycles. The molecule has 7 nitrogen and oxygen atoms in total. The van der Waals surface area contributed by atoms with E-state index in [0.717, 1.165) is 23.4 Å². The lowest BCUT2D eigenvalue weighted by molar-refractivity contribution is 0.0714.